The molecule has 0 bridgehead atoms. The van der Waals surface area contributed by atoms with Gasteiger partial charge < -0.3 is 15.1 Å². The van der Waals surface area contributed by atoms with Gasteiger partial charge in [0.2, 0.25) is 0 Å². The fourth-order valence-corrected chi connectivity index (χ4v) is 5.30. The summed E-state index contributed by atoms with van der Waals surface area (Å²) in [5.41, 5.74) is 4.10. The lowest BCUT2D eigenvalue weighted by atomic mass is 9.73. The Morgan fingerprint density at radius 3 is 2.42 bits per heavy atom. The average Bonchev–Trinajstić information content (AvgIpc) is 2.97. The summed E-state index contributed by atoms with van der Waals surface area (Å²) in [6.07, 6.45) is 6.67. The highest BCUT2D eigenvalue weighted by molar-refractivity contribution is 5.58. The predicted molar refractivity (Wildman–Crippen MR) is 112 cm³/mol. The van der Waals surface area contributed by atoms with Crippen molar-refractivity contribution in [1.29, 1.82) is 0 Å². The van der Waals surface area contributed by atoms with Crippen LogP contribution in [-0.4, -0.2) is 37.6 Å². The van der Waals surface area contributed by atoms with Gasteiger partial charge in [-0.25, -0.2) is 0 Å². The maximum Gasteiger partial charge on any atom is 0.0383 e. The average molecular weight is 354 g/mol. The molecule has 0 spiro atoms. The van der Waals surface area contributed by atoms with Gasteiger partial charge in [-0.3, -0.25) is 0 Å². The summed E-state index contributed by atoms with van der Waals surface area (Å²) in [6, 6.07) is 9.13. The molecule has 1 saturated carbocycles. The molecule has 1 aromatic carbocycles. The van der Waals surface area contributed by atoms with Crippen molar-refractivity contribution < 1.29 is 0 Å². The van der Waals surface area contributed by atoms with Crippen LogP contribution in [0.3, 0.4) is 0 Å². The highest BCUT2D eigenvalue weighted by atomic mass is 15.3. The van der Waals surface area contributed by atoms with Crippen molar-refractivity contribution in [3.05, 3.63) is 36.0 Å². The maximum absolute atomic E-state index is 3.77. The highest BCUT2D eigenvalue weighted by Crippen LogP contribution is 2.47. The zero-order valence-electron chi connectivity index (χ0n) is 16.7. The Hall–Kier alpha value is -1.48. The highest BCUT2D eigenvalue weighted by Gasteiger charge is 2.38. The number of likely N-dealkylation sites (N-methyl/N-ethyl adjacent to an activating group) is 1. The molecule has 26 heavy (non-hydrogen) atoms. The summed E-state index contributed by atoms with van der Waals surface area (Å²) in [5.74, 6) is 3.21. The van der Waals surface area contributed by atoms with Crippen LogP contribution < -0.4 is 10.2 Å². The van der Waals surface area contributed by atoms with Crippen LogP contribution in [0.5, 0.6) is 0 Å². The molecule has 0 amide bonds. The van der Waals surface area contributed by atoms with Crippen molar-refractivity contribution in [2.24, 2.45) is 23.7 Å². The standard InChI is InChI=1S/C23H35N3/c1-4-25-11-13-26(14-12-25)20-8-6-19(7-9-20)24-23-16-18(3)21-10-5-17(2)15-22(21)23/h6-9,16-18,21-22,24H,4-5,10-15H2,1-3H3/t17-,18?,21+,22-/m1/s1. The van der Waals surface area contributed by atoms with Crippen molar-refractivity contribution in [3.8, 4) is 0 Å². The molecule has 0 aromatic heterocycles. The number of fused-ring (bicyclic) bond motifs is 1. The first kappa shape index (κ1) is 17.9. The van der Waals surface area contributed by atoms with Crippen LogP contribution in [0.15, 0.2) is 36.0 Å². The Balaban J connectivity index is 1.39. The minimum atomic E-state index is 0.726. The van der Waals surface area contributed by atoms with E-state index < -0.39 is 0 Å². The molecule has 2 aliphatic carbocycles. The predicted octanol–water partition coefficient (Wildman–Crippen LogP) is 4.83. The van der Waals surface area contributed by atoms with Gasteiger partial charge in [0.1, 0.15) is 0 Å². The maximum atomic E-state index is 3.77. The zero-order valence-corrected chi connectivity index (χ0v) is 16.7. The Bertz CT molecular complexity index is 627. The number of benzene rings is 1. The van der Waals surface area contributed by atoms with Crippen molar-refractivity contribution in [1.82, 2.24) is 4.90 Å². The van der Waals surface area contributed by atoms with Crippen molar-refractivity contribution in [2.75, 3.05) is 42.9 Å². The van der Waals surface area contributed by atoms with E-state index in [0.717, 1.165) is 36.8 Å². The van der Waals surface area contributed by atoms with Crippen LogP contribution in [0.2, 0.25) is 0 Å². The second-order valence-electron chi connectivity index (χ2n) is 8.76. The number of allylic oxidation sites excluding steroid dienone is 2. The summed E-state index contributed by atoms with van der Waals surface area (Å²) < 4.78 is 0. The lowest BCUT2D eigenvalue weighted by Gasteiger charge is -2.35. The fraction of sp³-hybridized carbons (Fsp3) is 0.652. The minimum absolute atomic E-state index is 0.726. The zero-order chi connectivity index (χ0) is 18.1. The van der Waals surface area contributed by atoms with Gasteiger partial charge in [0.25, 0.3) is 0 Å². The normalized spacial score (nSPS) is 32.3. The number of rotatable bonds is 4. The molecule has 1 N–H and O–H groups in total. The number of hydrogen-bond acceptors (Lipinski definition) is 3. The molecule has 1 heterocycles. The molecular weight excluding hydrogens is 318 g/mol. The summed E-state index contributed by atoms with van der Waals surface area (Å²) in [4.78, 5) is 5.05. The molecule has 1 unspecified atom stereocenters. The third-order valence-corrected chi connectivity index (χ3v) is 7.02. The Labute approximate surface area is 159 Å². The second-order valence-corrected chi connectivity index (χ2v) is 8.76. The van der Waals surface area contributed by atoms with Gasteiger partial charge in [0.15, 0.2) is 0 Å². The summed E-state index contributed by atoms with van der Waals surface area (Å²) >= 11 is 0. The lowest BCUT2D eigenvalue weighted by molar-refractivity contribution is 0.203. The molecule has 1 aromatic rings. The van der Waals surface area contributed by atoms with Gasteiger partial charge in [-0.1, -0.05) is 33.3 Å². The number of piperazine rings is 1. The monoisotopic (exact) mass is 353 g/mol. The van der Waals surface area contributed by atoms with Gasteiger partial charge in [0, 0.05) is 49.2 Å². The molecule has 1 saturated heterocycles. The van der Waals surface area contributed by atoms with E-state index >= 15 is 0 Å². The fourth-order valence-electron chi connectivity index (χ4n) is 5.30. The van der Waals surface area contributed by atoms with E-state index in [-0.39, 0.29) is 0 Å². The number of hydrogen-bond donors (Lipinski definition) is 1. The molecule has 3 heteroatoms. The topological polar surface area (TPSA) is 18.5 Å². The SMILES string of the molecule is CCN1CCN(c2ccc(NC3=CC(C)[C@@H]4CC[C@@H](C)C[C@@H]34)cc2)CC1. The third-order valence-electron chi connectivity index (χ3n) is 7.02. The number of anilines is 2. The molecule has 0 radical (unpaired) electrons. The van der Waals surface area contributed by atoms with Crippen molar-refractivity contribution in [3.63, 3.8) is 0 Å². The Morgan fingerprint density at radius 1 is 1.00 bits per heavy atom. The first-order valence-electron chi connectivity index (χ1n) is 10.7. The second kappa shape index (κ2) is 7.64. The van der Waals surface area contributed by atoms with Gasteiger partial charge in [0.05, 0.1) is 0 Å². The Morgan fingerprint density at radius 2 is 1.73 bits per heavy atom. The third kappa shape index (κ3) is 3.64. The van der Waals surface area contributed by atoms with Crippen LogP contribution in [-0.2, 0) is 0 Å². The molecule has 4 rings (SSSR count). The van der Waals surface area contributed by atoms with E-state index in [9.17, 15) is 0 Å². The molecular formula is C23H35N3. The Kier molecular flexibility index (Phi) is 5.26. The van der Waals surface area contributed by atoms with Crippen LogP contribution in [0.25, 0.3) is 0 Å². The smallest absolute Gasteiger partial charge is 0.0383 e. The van der Waals surface area contributed by atoms with E-state index in [4.69, 9.17) is 0 Å². The summed E-state index contributed by atoms with van der Waals surface area (Å²) in [7, 11) is 0. The quantitative estimate of drug-likeness (QED) is 0.837. The van der Waals surface area contributed by atoms with Crippen molar-refractivity contribution >= 4 is 11.4 Å². The molecule has 3 nitrogen and oxygen atoms in total. The molecule has 2 fully saturated rings. The first-order chi connectivity index (χ1) is 12.6. The number of nitrogens with one attached hydrogen (secondary N) is 1. The van der Waals surface area contributed by atoms with E-state index in [1.165, 1.54) is 56.0 Å². The van der Waals surface area contributed by atoms with E-state index in [1.807, 2.05) is 0 Å². The summed E-state index contributed by atoms with van der Waals surface area (Å²) in [6.45, 7) is 12.9. The molecule has 4 atom stereocenters. The van der Waals surface area contributed by atoms with Crippen molar-refractivity contribution in [2.45, 2.75) is 40.0 Å². The van der Waals surface area contributed by atoms with Crippen LogP contribution in [0.1, 0.15) is 40.0 Å². The van der Waals surface area contributed by atoms with Gasteiger partial charge >= 0.3 is 0 Å². The van der Waals surface area contributed by atoms with E-state index in [1.54, 1.807) is 0 Å². The van der Waals surface area contributed by atoms with Gasteiger partial charge in [-0.05, 0) is 61.4 Å². The molecule has 3 aliphatic rings. The number of nitrogens with zero attached hydrogens (tertiary/aromatic N) is 2. The van der Waals surface area contributed by atoms with Gasteiger partial charge in [-0.15, -0.1) is 0 Å². The van der Waals surface area contributed by atoms with Crippen LogP contribution in [0.4, 0.5) is 11.4 Å². The van der Waals surface area contributed by atoms with E-state index in [0.29, 0.717) is 0 Å². The minimum Gasteiger partial charge on any atom is -0.369 e. The van der Waals surface area contributed by atoms with Gasteiger partial charge in [-0.2, -0.15) is 0 Å². The summed E-state index contributed by atoms with van der Waals surface area (Å²) in [5, 5.41) is 3.77. The van der Waals surface area contributed by atoms with E-state index in [2.05, 4.69) is 66.2 Å². The first-order valence-corrected chi connectivity index (χ1v) is 10.7. The largest absolute Gasteiger partial charge is 0.369 e. The lowest BCUT2D eigenvalue weighted by Crippen LogP contribution is -2.46. The molecule has 142 valence electrons. The van der Waals surface area contributed by atoms with Crippen LogP contribution in [0, 0.1) is 23.7 Å². The molecule has 1 aliphatic heterocycles. The van der Waals surface area contributed by atoms with Crippen LogP contribution >= 0.6 is 0 Å².